The molecule has 1 aliphatic heterocycles. The summed E-state index contributed by atoms with van der Waals surface area (Å²) in [5.74, 6) is -0.228. The first-order valence-electron chi connectivity index (χ1n) is 6.92. The van der Waals surface area contributed by atoms with Crippen LogP contribution in [-0.2, 0) is 11.3 Å². The van der Waals surface area contributed by atoms with Crippen molar-refractivity contribution in [3.63, 3.8) is 0 Å². The first-order valence-corrected chi connectivity index (χ1v) is 7.33. The molecule has 0 bridgehead atoms. The van der Waals surface area contributed by atoms with E-state index >= 15 is 0 Å². The van der Waals surface area contributed by atoms with Crippen LogP contribution < -0.4 is 0 Å². The minimum Gasteiger partial charge on any atom is -0.379 e. The summed E-state index contributed by atoms with van der Waals surface area (Å²) in [7, 11) is 0. The van der Waals surface area contributed by atoms with Crippen LogP contribution in [0.2, 0.25) is 0 Å². The van der Waals surface area contributed by atoms with Crippen molar-refractivity contribution in [1.29, 1.82) is 0 Å². The van der Waals surface area contributed by atoms with Gasteiger partial charge in [0.25, 0.3) is 0 Å². The molecule has 108 valence electrons. The van der Waals surface area contributed by atoms with E-state index in [1.54, 1.807) is 6.07 Å². The fourth-order valence-corrected chi connectivity index (χ4v) is 2.92. The second-order valence-electron chi connectivity index (χ2n) is 5.05. The van der Waals surface area contributed by atoms with Crippen molar-refractivity contribution in [3.05, 3.63) is 28.8 Å². The van der Waals surface area contributed by atoms with E-state index in [-0.39, 0.29) is 5.82 Å². The lowest BCUT2D eigenvalue weighted by atomic mass is 10.3. The SMILES string of the molecule is Fc1ccc2[nH]c(=S)n(CCCN3CCOCC3)c2c1. The lowest BCUT2D eigenvalue weighted by Gasteiger charge is -2.26. The zero-order chi connectivity index (χ0) is 13.9. The van der Waals surface area contributed by atoms with Gasteiger partial charge in [-0.05, 0) is 36.8 Å². The summed E-state index contributed by atoms with van der Waals surface area (Å²) in [6.07, 6.45) is 0.998. The summed E-state index contributed by atoms with van der Waals surface area (Å²) < 4.78 is 21.3. The van der Waals surface area contributed by atoms with Gasteiger partial charge in [0, 0.05) is 26.2 Å². The van der Waals surface area contributed by atoms with Gasteiger partial charge in [0.2, 0.25) is 0 Å². The van der Waals surface area contributed by atoms with Crippen LogP contribution in [0.5, 0.6) is 0 Å². The van der Waals surface area contributed by atoms with Crippen LogP contribution in [0.4, 0.5) is 4.39 Å². The number of halogens is 1. The summed E-state index contributed by atoms with van der Waals surface area (Å²) >= 11 is 5.32. The van der Waals surface area contributed by atoms with E-state index in [0.717, 1.165) is 56.8 Å². The second-order valence-corrected chi connectivity index (χ2v) is 5.44. The standard InChI is InChI=1S/C14H18FN3OS/c15-11-2-3-12-13(10-11)18(14(20)16-12)5-1-4-17-6-8-19-9-7-17/h2-3,10H,1,4-9H2,(H,16,20). The summed E-state index contributed by atoms with van der Waals surface area (Å²) in [4.78, 5) is 5.51. The molecule has 3 rings (SSSR count). The Hall–Kier alpha value is -1.24. The average Bonchev–Trinajstić information content (AvgIpc) is 2.76. The molecule has 0 unspecified atom stereocenters. The maximum absolute atomic E-state index is 13.4. The maximum atomic E-state index is 13.4. The Morgan fingerprint density at radius 2 is 2.05 bits per heavy atom. The summed E-state index contributed by atoms with van der Waals surface area (Å²) in [5.41, 5.74) is 1.74. The number of rotatable bonds is 4. The Kier molecular flexibility index (Phi) is 4.14. The number of H-pyrrole nitrogens is 1. The number of ether oxygens (including phenoxy) is 1. The highest BCUT2D eigenvalue weighted by molar-refractivity contribution is 7.71. The van der Waals surface area contributed by atoms with E-state index < -0.39 is 0 Å². The fourth-order valence-electron chi connectivity index (χ4n) is 2.63. The minimum atomic E-state index is -0.228. The van der Waals surface area contributed by atoms with Crippen LogP contribution >= 0.6 is 12.2 Å². The summed E-state index contributed by atoms with van der Waals surface area (Å²) in [5, 5.41) is 0. The van der Waals surface area contributed by atoms with Gasteiger partial charge in [-0.15, -0.1) is 0 Å². The highest BCUT2D eigenvalue weighted by atomic mass is 32.1. The molecule has 0 saturated carbocycles. The maximum Gasteiger partial charge on any atom is 0.178 e. The van der Waals surface area contributed by atoms with Crippen molar-refractivity contribution in [3.8, 4) is 0 Å². The van der Waals surface area contributed by atoms with Gasteiger partial charge in [0.15, 0.2) is 4.77 Å². The number of nitrogens with zero attached hydrogens (tertiary/aromatic N) is 2. The third-order valence-electron chi connectivity index (χ3n) is 3.70. The number of nitrogens with one attached hydrogen (secondary N) is 1. The van der Waals surface area contributed by atoms with Gasteiger partial charge in [0.05, 0.1) is 24.2 Å². The molecule has 0 aliphatic carbocycles. The van der Waals surface area contributed by atoms with Crippen LogP contribution in [0.15, 0.2) is 18.2 Å². The molecule has 0 spiro atoms. The summed E-state index contributed by atoms with van der Waals surface area (Å²) in [6.45, 7) is 5.45. The molecule has 0 amide bonds. The van der Waals surface area contributed by atoms with Gasteiger partial charge in [-0.1, -0.05) is 0 Å². The third-order valence-corrected chi connectivity index (χ3v) is 4.02. The molecule has 1 saturated heterocycles. The largest absolute Gasteiger partial charge is 0.379 e. The van der Waals surface area contributed by atoms with E-state index in [1.807, 2.05) is 4.57 Å². The number of morpholine rings is 1. The number of aromatic nitrogens is 2. The molecule has 1 aromatic heterocycles. The van der Waals surface area contributed by atoms with Crippen molar-refractivity contribution in [2.45, 2.75) is 13.0 Å². The van der Waals surface area contributed by atoms with Gasteiger partial charge >= 0.3 is 0 Å². The molecule has 2 aromatic rings. The number of aromatic amines is 1. The number of imidazole rings is 1. The van der Waals surface area contributed by atoms with Crippen molar-refractivity contribution < 1.29 is 9.13 Å². The number of fused-ring (bicyclic) bond motifs is 1. The van der Waals surface area contributed by atoms with E-state index in [0.29, 0.717) is 4.77 Å². The molecule has 1 N–H and O–H groups in total. The first-order chi connectivity index (χ1) is 9.74. The summed E-state index contributed by atoms with van der Waals surface area (Å²) in [6, 6.07) is 4.72. The van der Waals surface area contributed by atoms with E-state index in [9.17, 15) is 4.39 Å². The van der Waals surface area contributed by atoms with E-state index in [2.05, 4.69) is 9.88 Å². The molecular formula is C14H18FN3OS. The molecule has 2 heterocycles. The second kappa shape index (κ2) is 6.03. The topological polar surface area (TPSA) is 33.2 Å². The average molecular weight is 295 g/mol. The molecule has 0 radical (unpaired) electrons. The van der Waals surface area contributed by atoms with Gasteiger partial charge in [-0.2, -0.15) is 0 Å². The lowest BCUT2D eigenvalue weighted by Crippen LogP contribution is -2.37. The molecule has 6 heteroatoms. The van der Waals surface area contributed by atoms with Gasteiger partial charge in [-0.3, -0.25) is 4.90 Å². The zero-order valence-electron chi connectivity index (χ0n) is 11.3. The van der Waals surface area contributed by atoms with E-state index in [4.69, 9.17) is 17.0 Å². The highest BCUT2D eigenvalue weighted by Crippen LogP contribution is 2.16. The molecule has 1 fully saturated rings. The lowest BCUT2D eigenvalue weighted by molar-refractivity contribution is 0.0369. The Balaban J connectivity index is 1.69. The third kappa shape index (κ3) is 2.92. The van der Waals surface area contributed by atoms with Crippen molar-refractivity contribution >= 4 is 23.3 Å². The number of hydrogen-bond donors (Lipinski definition) is 1. The van der Waals surface area contributed by atoms with Gasteiger partial charge < -0.3 is 14.3 Å². The predicted octanol–water partition coefficient (Wildman–Crippen LogP) is 2.56. The van der Waals surface area contributed by atoms with Crippen LogP contribution in [0.1, 0.15) is 6.42 Å². The number of benzene rings is 1. The normalized spacial score (nSPS) is 16.9. The molecule has 1 aliphatic rings. The van der Waals surface area contributed by atoms with Crippen molar-refractivity contribution in [2.24, 2.45) is 0 Å². The Labute approximate surface area is 122 Å². The Bertz CT molecular complexity index is 645. The molecule has 0 atom stereocenters. The van der Waals surface area contributed by atoms with Crippen LogP contribution in [0.25, 0.3) is 11.0 Å². The molecule has 4 nitrogen and oxygen atoms in total. The molecule has 1 aromatic carbocycles. The quantitative estimate of drug-likeness (QED) is 0.880. The minimum absolute atomic E-state index is 0.228. The monoisotopic (exact) mass is 295 g/mol. The van der Waals surface area contributed by atoms with Crippen molar-refractivity contribution in [2.75, 3.05) is 32.8 Å². The van der Waals surface area contributed by atoms with Crippen LogP contribution in [0, 0.1) is 10.6 Å². The van der Waals surface area contributed by atoms with Gasteiger partial charge in [-0.25, -0.2) is 4.39 Å². The number of hydrogen-bond acceptors (Lipinski definition) is 3. The van der Waals surface area contributed by atoms with Crippen LogP contribution in [-0.4, -0.2) is 47.3 Å². The number of aryl methyl sites for hydroxylation is 1. The Morgan fingerprint density at radius 3 is 2.85 bits per heavy atom. The van der Waals surface area contributed by atoms with Crippen molar-refractivity contribution in [1.82, 2.24) is 14.5 Å². The molecular weight excluding hydrogens is 277 g/mol. The van der Waals surface area contributed by atoms with E-state index in [1.165, 1.54) is 12.1 Å². The van der Waals surface area contributed by atoms with Gasteiger partial charge in [0.1, 0.15) is 5.82 Å². The smallest absolute Gasteiger partial charge is 0.178 e. The highest BCUT2D eigenvalue weighted by Gasteiger charge is 2.10. The molecule has 20 heavy (non-hydrogen) atoms. The fraction of sp³-hybridized carbons (Fsp3) is 0.500. The zero-order valence-corrected chi connectivity index (χ0v) is 12.1. The predicted molar refractivity (Wildman–Crippen MR) is 79.0 cm³/mol. The van der Waals surface area contributed by atoms with Crippen LogP contribution in [0.3, 0.4) is 0 Å². The first kappa shape index (κ1) is 13.7. The Morgan fingerprint density at radius 1 is 1.25 bits per heavy atom.